The minimum atomic E-state index is -0.184. The number of ether oxygens (including phenoxy) is 2. The Labute approximate surface area is 140 Å². The molecular weight excluding hydrogens is 312 g/mol. The molecule has 1 unspecified atom stereocenters. The third-order valence-corrected chi connectivity index (χ3v) is 4.21. The SMILES string of the molecule is COc1ccc(CCNC(=O)NCC(OC)c2ccsc2)cc1. The number of thiophene rings is 1. The summed E-state index contributed by atoms with van der Waals surface area (Å²) in [5.74, 6) is 0.832. The topological polar surface area (TPSA) is 59.6 Å². The number of nitrogens with one attached hydrogen (secondary N) is 2. The predicted octanol–water partition coefficient (Wildman–Crippen LogP) is 2.99. The van der Waals surface area contributed by atoms with Crippen molar-refractivity contribution in [2.75, 3.05) is 27.3 Å². The van der Waals surface area contributed by atoms with Gasteiger partial charge in [-0.25, -0.2) is 4.79 Å². The van der Waals surface area contributed by atoms with E-state index in [2.05, 4.69) is 10.6 Å². The van der Waals surface area contributed by atoms with E-state index in [1.165, 1.54) is 0 Å². The number of carbonyl (C=O) groups excluding carboxylic acids is 1. The van der Waals surface area contributed by atoms with Crippen LogP contribution in [0.2, 0.25) is 0 Å². The first-order chi connectivity index (χ1) is 11.2. The van der Waals surface area contributed by atoms with Crippen LogP contribution in [0.3, 0.4) is 0 Å². The van der Waals surface area contributed by atoms with Crippen molar-refractivity contribution in [2.24, 2.45) is 0 Å². The molecule has 0 aliphatic heterocycles. The molecule has 0 bridgehead atoms. The molecule has 23 heavy (non-hydrogen) atoms. The van der Waals surface area contributed by atoms with Gasteiger partial charge in [-0.3, -0.25) is 0 Å². The summed E-state index contributed by atoms with van der Waals surface area (Å²) >= 11 is 1.61. The Balaban J connectivity index is 1.68. The van der Waals surface area contributed by atoms with E-state index in [9.17, 15) is 4.79 Å². The van der Waals surface area contributed by atoms with Crippen LogP contribution in [0.25, 0.3) is 0 Å². The largest absolute Gasteiger partial charge is 0.497 e. The number of methoxy groups -OCH3 is 2. The van der Waals surface area contributed by atoms with Crippen LogP contribution in [0.15, 0.2) is 41.1 Å². The summed E-state index contributed by atoms with van der Waals surface area (Å²) in [6.07, 6.45) is 0.656. The van der Waals surface area contributed by atoms with E-state index in [1.54, 1.807) is 25.6 Å². The number of rotatable bonds is 8. The summed E-state index contributed by atoms with van der Waals surface area (Å²) in [7, 11) is 3.29. The molecule has 0 saturated carbocycles. The Morgan fingerprint density at radius 1 is 1.17 bits per heavy atom. The molecule has 2 aromatic rings. The van der Waals surface area contributed by atoms with Crippen LogP contribution in [-0.2, 0) is 11.2 Å². The first-order valence-electron chi connectivity index (χ1n) is 7.42. The fraction of sp³-hybridized carbons (Fsp3) is 0.353. The fourth-order valence-corrected chi connectivity index (χ4v) is 2.86. The zero-order valence-electron chi connectivity index (χ0n) is 13.4. The normalized spacial score (nSPS) is 11.7. The molecule has 1 heterocycles. The molecule has 1 aromatic carbocycles. The summed E-state index contributed by atoms with van der Waals surface area (Å²) in [5, 5.41) is 9.71. The molecule has 124 valence electrons. The molecule has 2 N–H and O–H groups in total. The lowest BCUT2D eigenvalue weighted by Gasteiger charge is -2.15. The van der Waals surface area contributed by atoms with Crippen LogP contribution in [0, 0.1) is 0 Å². The van der Waals surface area contributed by atoms with Gasteiger partial charge in [0, 0.05) is 20.2 Å². The van der Waals surface area contributed by atoms with Crippen molar-refractivity contribution in [3.63, 3.8) is 0 Å². The number of urea groups is 1. The van der Waals surface area contributed by atoms with Crippen LogP contribution in [0.1, 0.15) is 17.2 Å². The molecule has 0 spiro atoms. The van der Waals surface area contributed by atoms with E-state index in [-0.39, 0.29) is 12.1 Å². The van der Waals surface area contributed by atoms with Gasteiger partial charge in [0.2, 0.25) is 0 Å². The highest BCUT2D eigenvalue weighted by molar-refractivity contribution is 7.07. The van der Waals surface area contributed by atoms with E-state index in [1.807, 2.05) is 41.1 Å². The maximum absolute atomic E-state index is 11.8. The molecule has 0 aliphatic carbocycles. The molecule has 0 aliphatic rings. The van der Waals surface area contributed by atoms with Gasteiger partial charge in [0.15, 0.2) is 0 Å². The van der Waals surface area contributed by atoms with Crippen molar-refractivity contribution >= 4 is 17.4 Å². The minimum absolute atomic E-state index is 0.117. The van der Waals surface area contributed by atoms with Gasteiger partial charge < -0.3 is 20.1 Å². The number of hydrogen-bond acceptors (Lipinski definition) is 4. The molecule has 2 amide bonds. The van der Waals surface area contributed by atoms with Gasteiger partial charge >= 0.3 is 6.03 Å². The third-order valence-electron chi connectivity index (χ3n) is 3.51. The van der Waals surface area contributed by atoms with Crippen LogP contribution in [0.4, 0.5) is 4.79 Å². The highest BCUT2D eigenvalue weighted by Crippen LogP contribution is 2.18. The van der Waals surface area contributed by atoms with E-state index in [0.717, 1.165) is 23.3 Å². The summed E-state index contributed by atoms with van der Waals surface area (Å²) in [6.45, 7) is 1.02. The van der Waals surface area contributed by atoms with E-state index < -0.39 is 0 Å². The van der Waals surface area contributed by atoms with Gasteiger partial charge in [-0.15, -0.1) is 0 Å². The molecular formula is C17H22N2O3S. The highest BCUT2D eigenvalue weighted by atomic mass is 32.1. The molecule has 1 aromatic heterocycles. The lowest BCUT2D eigenvalue weighted by atomic mass is 10.1. The molecule has 1 atom stereocenters. The second-order valence-corrected chi connectivity index (χ2v) is 5.80. The van der Waals surface area contributed by atoms with Crippen molar-refractivity contribution in [3.05, 3.63) is 52.2 Å². The summed E-state index contributed by atoms with van der Waals surface area (Å²) in [5.41, 5.74) is 2.23. The number of benzene rings is 1. The van der Waals surface area contributed by atoms with Gasteiger partial charge in [0.1, 0.15) is 11.9 Å². The van der Waals surface area contributed by atoms with Crippen molar-refractivity contribution in [1.82, 2.24) is 10.6 Å². The van der Waals surface area contributed by atoms with Crippen molar-refractivity contribution in [2.45, 2.75) is 12.5 Å². The standard InChI is InChI=1S/C17H22N2O3S/c1-21-15-5-3-13(4-6-15)7-9-18-17(20)19-11-16(22-2)14-8-10-23-12-14/h3-6,8,10,12,16H,7,9,11H2,1-2H3,(H2,18,19,20). The third kappa shape index (κ3) is 5.58. The fourth-order valence-electron chi connectivity index (χ4n) is 2.16. The van der Waals surface area contributed by atoms with E-state index in [0.29, 0.717) is 13.1 Å². The first kappa shape index (κ1) is 17.3. The van der Waals surface area contributed by atoms with Gasteiger partial charge in [0.25, 0.3) is 0 Å². The monoisotopic (exact) mass is 334 g/mol. The minimum Gasteiger partial charge on any atom is -0.497 e. The van der Waals surface area contributed by atoms with Gasteiger partial charge in [0.05, 0.1) is 7.11 Å². The average molecular weight is 334 g/mol. The zero-order chi connectivity index (χ0) is 16.5. The maximum atomic E-state index is 11.8. The summed E-state index contributed by atoms with van der Waals surface area (Å²) in [6, 6.07) is 9.64. The maximum Gasteiger partial charge on any atom is 0.314 e. The smallest absolute Gasteiger partial charge is 0.314 e. The average Bonchev–Trinajstić information content (AvgIpc) is 3.10. The van der Waals surface area contributed by atoms with Gasteiger partial charge in [-0.1, -0.05) is 12.1 Å². The second kappa shape index (κ2) is 9.17. The van der Waals surface area contributed by atoms with Crippen LogP contribution in [0.5, 0.6) is 5.75 Å². The summed E-state index contributed by atoms with van der Waals surface area (Å²) < 4.78 is 10.5. The zero-order valence-corrected chi connectivity index (χ0v) is 14.2. The Kier molecular flexibility index (Phi) is 6.90. The Morgan fingerprint density at radius 2 is 1.96 bits per heavy atom. The molecule has 6 heteroatoms. The lowest BCUT2D eigenvalue weighted by Crippen LogP contribution is -2.38. The van der Waals surface area contributed by atoms with E-state index in [4.69, 9.17) is 9.47 Å². The van der Waals surface area contributed by atoms with Crippen LogP contribution < -0.4 is 15.4 Å². The Bertz CT molecular complexity index is 584. The first-order valence-corrected chi connectivity index (χ1v) is 8.36. The quantitative estimate of drug-likeness (QED) is 0.780. The number of amides is 2. The molecule has 5 nitrogen and oxygen atoms in total. The van der Waals surface area contributed by atoms with Gasteiger partial charge in [-0.05, 0) is 46.5 Å². The molecule has 0 radical (unpaired) electrons. The van der Waals surface area contributed by atoms with Crippen molar-refractivity contribution < 1.29 is 14.3 Å². The molecule has 0 fully saturated rings. The van der Waals surface area contributed by atoms with Crippen LogP contribution in [-0.4, -0.2) is 33.3 Å². The van der Waals surface area contributed by atoms with Crippen molar-refractivity contribution in [3.8, 4) is 5.75 Å². The molecule has 2 rings (SSSR count). The van der Waals surface area contributed by atoms with Crippen molar-refractivity contribution in [1.29, 1.82) is 0 Å². The van der Waals surface area contributed by atoms with Gasteiger partial charge in [-0.2, -0.15) is 11.3 Å². The predicted molar refractivity (Wildman–Crippen MR) is 92.2 cm³/mol. The molecule has 0 saturated heterocycles. The second-order valence-electron chi connectivity index (χ2n) is 5.02. The summed E-state index contributed by atoms with van der Waals surface area (Å²) in [4.78, 5) is 11.8. The van der Waals surface area contributed by atoms with Crippen LogP contribution >= 0.6 is 11.3 Å². The Hall–Kier alpha value is -2.05. The van der Waals surface area contributed by atoms with E-state index >= 15 is 0 Å². The number of carbonyl (C=O) groups is 1. The highest BCUT2D eigenvalue weighted by Gasteiger charge is 2.12. The number of hydrogen-bond donors (Lipinski definition) is 2. The Morgan fingerprint density at radius 3 is 2.57 bits per heavy atom. The lowest BCUT2D eigenvalue weighted by molar-refractivity contribution is 0.104.